The zero-order chi connectivity index (χ0) is 11.7. The maximum atomic E-state index is 13.6. The Bertz CT molecular complexity index is 502. The molecule has 1 heterocycles. The molecular weight excluding hydrogens is 271 g/mol. The van der Waals surface area contributed by atoms with Gasteiger partial charge < -0.3 is 0 Å². The fourth-order valence-electron chi connectivity index (χ4n) is 1.39. The summed E-state index contributed by atoms with van der Waals surface area (Å²) < 4.78 is 13.6. The standard InChI is InChI=1S/C11H5Cl3FN/c12-7-1-6(2-8(13)3-7)11-9(14)4-16-5-10(11)15/h1-5H. The molecule has 0 amide bonds. The van der Waals surface area contributed by atoms with Crippen LogP contribution in [-0.4, -0.2) is 4.98 Å². The molecule has 1 aromatic carbocycles. The van der Waals surface area contributed by atoms with Crippen LogP contribution >= 0.6 is 34.8 Å². The van der Waals surface area contributed by atoms with Gasteiger partial charge in [0, 0.05) is 21.8 Å². The van der Waals surface area contributed by atoms with Crippen LogP contribution in [0.25, 0.3) is 11.1 Å². The maximum Gasteiger partial charge on any atom is 0.150 e. The first-order valence-electron chi connectivity index (χ1n) is 4.33. The molecule has 0 aliphatic heterocycles. The molecule has 0 aliphatic rings. The van der Waals surface area contributed by atoms with Crippen molar-refractivity contribution in [2.45, 2.75) is 0 Å². The van der Waals surface area contributed by atoms with Gasteiger partial charge in [0.05, 0.1) is 11.2 Å². The molecular formula is C11H5Cl3FN. The van der Waals surface area contributed by atoms with Gasteiger partial charge in [0.15, 0.2) is 5.82 Å². The molecule has 0 saturated carbocycles. The van der Waals surface area contributed by atoms with E-state index in [4.69, 9.17) is 34.8 Å². The molecule has 2 rings (SSSR count). The summed E-state index contributed by atoms with van der Waals surface area (Å²) in [5.74, 6) is -0.508. The largest absolute Gasteiger partial charge is 0.260 e. The molecule has 5 heteroatoms. The van der Waals surface area contributed by atoms with Gasteiger partial charge in [-0.3, -0.25) is 4.98 Å². The van der Waals surface area contributed by atoms with Crippen LogP contribution in [0.4, 0.5) is 4.39 Å². The molecule has 0 bridgehead atoms. The van der Waals surface area contributed by atoms with Crippen LogP contribution in [0.1, 0.15) is 0 Å². The van der Waals surface area contributed by atoms with Gasteiger partial charge in [-0.1, -0.05) is 34.8 Å². The fraction of sp³-hybridized carbons (Fsp3) is 0. The Hall–Kier alpha value is -0.830. The predicted molar refractivity (Wildman–Crippen MR) is 64.7 cm³/mol. The van der Waals surface area contributed by atoms with E-state index < -0.39 is 5.82 Å². The Labute approximate surface area is 107 Å². The minimum absolute atomic E-state index is 0.221. The number of hydrogen-bond acceptors (Lipinski definition) is 1. The number of aromatic nitrogens is 1. The molecule has 0 saturated heterocycles. The van der Waals surface area contributed by atoms with Crippen molar-refractivity contribution in [3.8, 4) is 11.1 Å². The fourth-order valence-corrected chi connectivity index (χ4v) is 2.17. The lowest BCUT2D eigenvalue weighted by Gasteiger charge is -2.06. The molecule has 2 aromatic rings. The molecule has 0 radical (unpaired) electrons. The average Bonchev–Trinajstić information content (AvgIpc) is 2.15. The van der Waals surface area contributed by atoms with E-state index in [0.717, 1.165) is 6.20 Å². The minimum atomic E-state index is -0.508. The second-order valence-corrected chi connectivity index (χ2v) is 4.42. The normalized spacial score (nSPS) is 10.5. The molecule has 0 atom stereocenters. The summed E-state index contributed by atoms with van der Waals surface area (Å²) >= 11 is 17.6. The molecule has 1 aromatic heterocycles. The second kappa shape index (κ2) is 4.58. The zero-order valence-corrected chi connectivity index (χ0v) is 10.1. The highest BCUT2D eigenvalue weighted by atomic mass is 35.5. The van der Waals surface area contributed by atoms with E-state index in [2.05, 4.69) is 4.98 Å². The van der Waals surface area contributed by atoms with E-state index >= 15 is 0 Å². The minimum Gasteiger partial charge on any atom is -0.260 e. The summed E-state index contributed by atoms with van der Waals surface area (Å²) in [4.78, 5) is 3.64. The predicted octanol–water partition coefficient (Wildman–Crippen LogP) is 4.85. The smallest absolute Gasteiger partial charge is 0.150 e. The molecule has 0 aliphatic carbocycles. The van der Waals surface area contributed by atoms with Crippen LogP contribution in [0.2, 0.25) is 15.1 Å². The summed E-state index contributed by atoms with van der Waals surface area (Å²) in [7, 11) is 0. The molecule has 82 valence electrons. The van der Waals surface area contributed by atoms with E-state index in [-0.39, 0.29) is 10.6 Å². The van der Waals surface area contributed by atoms with E-state index in [1.54, 1.807) is 18.2 Å². The van der Waals surface area contributed by atoms with E-state index in [9.17, 15) is 4.39 Å². The quantitative estimate of drug-likeness (QED) is 0.725. The summed E-state index contributed by atoms with van der Waals surface area (Å²) in [6.07, 6.45) is 2.46. The Balaban J connectivity index is 2.67. The van der Waals surface area contributed by atoms with Crippen molar-refractivity contribution in [1.82, 2.24) is 4.98 Å². The maximum absolute atomic E-state index is 13.6. The van der Waals surface area contributed by atoms with E-state index in [0.29, 0.717) is 15.6 Å². The van der Waals surface area contributed by atoms with Crippen molar-refractivity contribution in [2.75, 3.05) is 0 Å². The average molecular weight is 277 g/mol. The van der Waals surface area contributed by atoms with Crippen molar-refractivity contribution in [1.29, 1.82) is 0 Å². The topological polar surface area (TPSA) is 12.9 Å². The summed E-state index contributed by atoms with van der Waals surface area (Å²) in [6, 6.07) is 4.76. The summed E-state index contributed by atoms with van der Waals surface area (Å²) in [6.45, 7) is 0. The van der Waals surface area contributed by atoms with Crippen molar-refractivity contribution >= 4 is 34.8 Å². The second-order valence-electron chi connectivity index (χ2n) is 3.14. The Morgan fingerprint density at radius 2 is 1.56 bits per heavy atom. The SMILES string of the molecule is Fc1cncc(Cl)c1-c1cc(Cl)cc(Cl)c1. The van der Waals surface area contributed by atoms with Crippen LogP contribution in [-0.2, 0) is 0 Å². The van der Waals surface area contributed by atoms with Crippen LogP contribution in [0.3, 0.4) is 0 Å². The monoisotopic (exact) mass is 275 g/mol. The molecule has 0 fully saturated rings. The first-order valence-corrected chi connectivity index (χ1v) is 5.47. The van der Waals surface area contributed by atoms with Gasteiger partial charge in [-0.05, 0) is 23.8 Å². The number of hydrogen-bond donors (Lipinski definition) is 0. The van der Waals surface area contributed by atoms with Crippen LogP contribution in [0.5, 0.6) is 0 Å². The zero-order valence-electron chi connectivity index (χ0n) is 7.85. The highest BCUT2D eigenvalue weighted by Crippen LogP contribution is 2.33. The lowest BCUT2D eigenvalue weighted by atomic mass is 10.1. The number of halogens is 4. The molecule has 0 N–H and O–H groups in total. The van der Waals surface area contributed by atoms with Crippen LogP contribution in [0, 0.1) is 5.82 Å². The van der Waals surface area contributed by atoms with Gasteiger partial charge in [-0.15, -0.1) is 0 Å². The molecule has 0 unspecified atom stereocenters. The number of rotatable bonds is 1. The Kier molecular flexibility index (Phi) is 3.33. The third-order valence-electron chi connectivity index (χ3n) is 2.00. The van der Waals surface area contributed by atoms with Crippen LogP contribution in [0.15, 0.2) is 30.6 Å². The summed E-state index contributed by atoms with van der Waals surface area (Å²) in [5, 5.41) is 1.07. The lowest BCUT2D eigenvalue weighted by molar-refractivity contribution is 0.625. The summed E-state index contributed by atoms with van der Waals surface area (Å²) in [5.41, 5.74) is 0.781. The number of pyridine rings is 1. The Morgan fingerprint density at radius 1 is 0.938 bits per heavy atom. The van der Waals surface area contributed by atoms with E-state index in [1.807, 2.05) is 0 Å². The molecule has 1 nitrogen and oxygen atoms in total. The third-order valence-corrected chi connectivity index (χ3v) is 2.73. The van der Waals surface area contributed by atoms with Gasteiger partial charge in [-0.2, -0.15) is 0 Å². The highest BCUT2D eigenvalue weighted by molar-refractivity contribution is 6.36. The lowest BCUT2D eigenvalue weighted by Crippen LogP contribution is -1.88. The highest BCUT2D eigenvalue weighted by Gasteiger charge is 2.11. The number of benzene rings is 1. The third kappa shape index (κ3) is 2.29. The van der Waals surface area contributed by atoms with Gasteiger partial charge in [0.2, 0.25) is 0 Å². The van der Waals surface area contributed by atoms with Gasteiger partial charge >= 0.3 is 0 Å². The van der Waals surface area contributed by atoms with Crippen molar-refractivity contribution in [2.24, 2.45) is 0 Å². The van der Waals surface area contributed by atoms with Crippen molar-refractivity contribution in [3.05, 3.63) is 51.5 Å². The Morgan fingerprint density at radius 3 is 2.12 bits per heavy atom. The molecule has 0 spiro atoms. The van der Waals surface area contributed by atoms with Crippen LogP contribution < -0.4 is 0 Å². The molecule has 16 heavy (non-hydrogen) atoms. The number of nitrogens with zero attached hydrogens (tertiary/aromatic N) is 1. The van der Waals surface area contributed by atoms with Gasteiger partial charge in [-0.25, -0.2) is 4.39 Å². The first kappa shape index (κ1) is 11.6. The van der Waals surface area contributed by atoms with Gasteiger partial charge in [0.1, 0.15) is 0 Å². The van der Waals surface area contributed by atoms with E-state index in [1.165, 1.54) is 6.20 Å². The first-order chi connectivity index (χ1) is 7.58. The van der Waals surface area contributed by atoms with Gasteiger partial charge in [0.25, 0.3) is 0 Å². The van der Waals surface area contributed by atoms with Crippen molar-refractivity contribution < 1.29 is 4.39 Å². The van der Waals surface area contributed by atoms with Crippen molar-refractivity contribution in [3.63, 3.8) is 0 Å².